The van der Waals surface area contributed by atoms with E-state index in [0.717, 1.165) is 16.4 Å². The lowest BCUT2D eigenvalue weighted by Gasteiger charge is -2.05. The van der Waals surface area contributed by atoms with E-state index in [2.05, 4.69) is 14.9 Å². The third-order valence-electron chi connectivity index (χ3n) is 3.45. The molecule has 1 amide bonds. The zero-order chi connectivity index (χ0) is 15.7. The van der Waals surface area contributed by atoms with Gasteiger partial charge in [0.2, 0.25) is 0 Å². The number of aromatic nitrogens is 2. The number of carbonyl (C=O) groups is 1. The van der Waals surface area contributed by atoms with Gasteiger partial charge in [0, 0.05) is 18.1 Å². The van der Waals surface area contributed by atoms with Crippen molar-refractivity contribution in [2.75, 3.05) is 5.32 Å². The van der Waals surface area contributed by atoms with Crippen LogP contribution in [0.1, 0.15) is 16.2 Å². The van der Waals surface area contributed by atoms with Crippen molar-refractivity contribution in [3.8, 4) is 10.7 Å². The molecule has 0 aliphatic rings. The highest BCUT2D eigenvalue weighted by Crippen LogP contribution is 2.26. The van der Waals surface area contributed by atoms with Gasteiger partial charge in [-0.3, -0.25) is 4.79 Å². The number of para-hydroxylation sites is 1. The van der Waals surface area contributed by atoms with Crippen molar-refractivity contribution in [2.24, 2.45) is 7.05 Å². The molecule has 0 radical (unpaired) electrons. The Morgan fingerprint density at radius 1 is 1.27 bits per heavy atom. The summed E-state index contributed by atoms with van der Waals surface area (Å²) in [4.78, 5) is 16.7. The molecule has 1 N–H and O–H groups in total. The summed E-state index contributed by atoms with van der Waals surface area (Å²) in [6, 6.07) is 11.2. The van der Waals surface area contributed by atoms with Crippen molar-refractivity contribution in [3.05, 3.63) is 58.2 Å². The first-order valence-electron chi connectivity index (χ1n) is 6.70. The molecular formula is C16H14ClN3OS. The number of amides is 1. The topological polar surface area (TPSA) is 46.9 Å². The second-order valence-corrected chi connectivity index (χ2v) is 6.16. The molecule has 0 saturated heterocycles. The molecule has 3 aromatic rings. The third kappa shape index (κ3) is 2.77. The Hall–Kier alpha value is -2.11. The van der Waals surface area contributed by atoms with Gasteiger partial charge in [-0.25, -0.2) is 4.98 Å². The standard InChI is InChI=1S/C16H14ClN3OS/c1-10-7-8-14(20(10)2)16-19-13(9-22-16)15(21)18-12-6-4-3-5-11(12)17/h3-9H,1-2H3,(H,18,21). The summed E-state index contributed by atoms with van der Waals surface area (Å²) < 4.78 is 2.05. The van der Waals surface area contributed by atoms with Gasteiger partial charge in [0.05, 0.1) is 16.4 Å². The monoisotopic (exact) mass is 331 g/mol. The summed E-state index contributed by atoms with van der Waals surface area (Å²) in [6.45, 7) is 2.03. The minimum atomic E-state index is -0.262. The van der Waals surface area contributed by atoms with E-state index < -0.39 is 0 Å². The van der Waals surface area contributed by atoms with Crippen LogP contribution in [0.25, 0.3) is 10.7 Å². The number of nitrogens with one attached hydrogen (secondary N) is 1. The van der Waals surface area contributed by atoms with E-state index in [0.29, 0.717) is 16.4 Å². The van der Waals surface area contributed by atoms with Gasteiger partial charge >= 0.3 is 0 Å². The molecule has 4 nitrogen and oxygen atoms in total. The predicted octanol–water partition coefficient (Wildman–Crippen LogP) is 4.36. The molecule has 0 fully saturated rings. The average Bonchev–Trinajstić information content (AvgIpc) is 3.10. The van der Waals surface area contributed by atoms with E-state index in [-0.39, 0.29) is 5.91 Å². The van der Waals surface area contributed by atoms with E-state index in [4.69, 9.17) is 11.6 Å². The minimum Gasteiger partial charge on any atom is -0.346 e. The summed E-state index contributed by atoms with van der Waals surface area (Å²) >= 11 is 7.49. The maximum absolute atomic E-state index is 12.3. The van der Waals surface area contributed by atoms with Gasteiger partial charge in [-0.05, 0) is 31.2 Å². The second kappa shape index (κ2) is 5.94. The van der Waals surface area contributed by atoms with E-state index in [9.17, 15) is 4.79 Å². The van der Waals surface area contributed by atoms with Gasteiger partial charge in [0.1, 0.15) is 10.7 Å². The number of carbonyl (C=O) groups excluding carboxylic acids is 1. The van der Waals surface area contributed by atoms with Crippen molar-refractivity contribution < 1.29 is 4.79 Å². The fraction of sp³-hybridized carbons (Fsp3) is 0.125. The summed E-state index contributed by atoms with van der Waals surface area (Å²) in [5, 5.41) is 5.85. The van der Waals surface area contributed by atoms with Crippen molar-refractivity contribution in [1.29, 1.82) is 0 Å². The maximum atomic E-state index is 12.3. The van der Waals surface area contributed by atoms with E-state index in [1.165, 1.54) is 11.3 Å². The summed E-state index contributed by atoms with van der Waals surface area (Å²) in [6.07, 6.45) is 0. The Morgan fingerprint density at radius 3 is 2.73 bits per heavy atom. The first-order chi connectivity index (χ1) is 10.6. The van der Waals surface area contributed by atoms with Crippen LogP contribution < -0.4 is 5.32 Å². The molecule has 112 valence electrons. The number of hydrogen-bond donors (Lipinski definition) is 1. The van der Waals surface area contributed by atoms with Gasteiger partial charge in [0.15, 0.2) is 0 Å². The molecule has 22 heavy (non-hydrogen) atoms. The van der Waals surface area contributed by atoms with Crippen LogP contribution in [0.2, 0.25) is 5.02 Å². The average molecular weight is 332 g/mol. The molecule has 0 atom stereocenters. The largest absolute Gasteiger partial charge is 0.346 e. The van der Waals surface area contributed by atoms with E-state index in [1.807, 2.05) is 38.2 Å². The second-order valence-electron chi connectivity index (χ2n) is 4.89. The first-order valence-corrected chi connectivity index (χ1v) is 7.96. The SMILES string of the molecule is Cc1ccc(-c2nc(C(=O)Nc3ccccc3Cl)cs2)n1C. The Bertz CT molecular complexity index is 838. The van der Waals surface area contributed by atoms with Crippen LogP contribution in [0.15, 0.2) is 41.8 Å². The van der Waals surface area contributed by atoms with Crippen molar-refractivity contribution in [2.45, 2.75) is 6.92 Å². The molecule has 2 aromatic heterocycles. The van der Waals surface area contributed by atoms with Gasteiger partial charge in [-0.1, -0.05) is 23.7 Å². The van der Waals surface area contributed by atoms with Crippen LogP contribution >= 0.6 is 22.9 Å². The number of nitrogens with zero attached hydrogens (tertiary/aromatic N) is 2. The fourth-order valence-electron chi connectivity index (χ4n) is 2.07. The fourth-order valence-corrected chi connectivity index (χ4v) is 3.12. The quantitative estimate of drug-likeness (QED) is 0.775. The molecule has 0 aliphatic heterocycles. The highest BCUT2D eigenvalue weighted by atomic mass is 35.5. The summed E-state index contributed by atoms with van der Waals surface area (Å²) in [7, 11) is 1.98. The van der Waals surface area contributed by atoms with Crippen LogP contribution in [0.5, 0.6) is 0 Å². The molecule has 0 spiro atoms. The predicted molar refractivity (Wildman–Crippen MR) is 90.7 cm³/mol. The molecule has 0 bridgehead atoms. The molecule has 2 heterocycles. The highest BCUT2D eigenvalue weighted by molar-refractivity contribution is 7.13. The molecule has 0 unspecified atom stereocenters. The lowest BCUT2D eigenvalue weighted by atomic mass is 10.3. The van der Waals surface area contributed by atoms with Crippen molar-refractivity contribution >= 4 is 34.5 Å². The van der Waals surface area contributed by atoms with Gasteiger partial charge in [-0.15, -0.1) is 11.3 Å². The van der Waals surface area contributed by atoms with Crippen LogP contribution in [0.4, 0.5) is 5.69 Å². The highest BCUT2D eigenvalue weighted by Gasteiger charge is 2.15. The number of halogens is 1. The van der Waals surface area contributed by atoms with E-state index in [1.54, 1.807) is 17.5 Å². The molecular weight excluding hydrogens is 318 g/mol. The number of aryl methyl sites for hydroxylation is 1. The molecule has 0 saturated carbocycles. The summed E-state index contributed by atoms with van der Waals surface area (Å²) in [5.41, 5.74) is 3.11. The maximum Gasteiger partial charge on any atom is 0.275 e. The normalized spacial score (nSPS) is 10.7. The molecule has 6 heteroatoms. The van der Waals surface area contributed by atoms with Crippen LogP contribution in [0.3, 0.4) is 0 Å². The lowest BCUT2D eigenvalue weighted by Crippen LogP contribution is -2.12. The van der Waals surface area contributed by atoms with Gasteiger partial charge in [0.25, 0.3) is 5.91 Å². The van der Waals surface area contributed by atoms with Gasteiger partial charge in [-0.2, -0.15) is 0 Å². The van der Waals surface area contributed by atoms with Crippen molar-refractivity contribution in [3.63, 3.8) is 0 Å². The number of thiazole rings is 1. The zero-order valence-corrected chi connectivity index (χ0v) is 13.7. The number of benzene rings is 1. The lowest BCUT2D eigenvalue weighted by molar-refractivity contribution is 0.102. The minimum absolute atomic E-state index is 0.262. The smallest absolute Gasteiger partial charge is 0.275 e. The Labute approximate surface area is 137 Å². The number of rotatable bonds is 3. The number of hydrogen-bond acceptors (Lipinski definition) is 3. The third-order valence-corrected chi connectivity index (χ3v) is 4.65. The van der Waals surface area contributed by atoms with Crippen LogP contribution in [-0.2, 0) is 7.05 Å². The van der Waals surface area contributed by atoms with Crippen LogP contribution in [0, 0.1) is 6.92 Å². The van der Waals surface area contributed by atoms with Crippen LogP contribution in [-0.4, -0.2) is 15.5 Å². The summed E-state index contributed by atoms with van der Waals surface area (Å²) in [5.74, 6) is -0.262. The Morgan fingerprint density at radius 2 is 2.05 bits per heavy atom. The Balaban J connectivity index is 1.83. The van der Waals surface area contributed by atoms with Crippen molar-refractivity contribution in [1.82, 2.24) is 9.55 Å². The Kier molecular flexibility index (Phi) is 4.00. The van der Waals surface area contributed by atoms with E-state index >= 15 is 0 Å². The molecule has 3 rings (SSSR count). The first kappa shape index (κ1) is 14.8. The number of anilines is 1. The zero-order valence-electron chi connectivity index (χ0n) is 12.1. The van der Waals surface area contributed by atoms with Gasteiger partial charge < -0.3 is 9.88 Å². The molecule has 1 aromatic carbocycles. The molecule has 0 aliphatic carbocycles.